The summed E-state index contributed by atoms with van der Waals surface area (Å²) in [5, 5.41) is 17.9. The molecule has 0 aliphatic carbocycles. The molecule has 4 N–H and O–H groups in total. The van der Waals surface area contributed by atoms with Gasteiger partial charge in [0, 0.05) is 0 Å². The standard InChI is InChI=1S/C11H15NO4/c12-10(11(14)15)9(13)7-16-6-8-4-2-1-3-5-8/h1-5,9-10,13H,6-7,12H2,(H,14,15)/t9-,10-/m0/s1. The Kier molecular flexibility index (Phi) is 4.91. The number of aliphatic hydroxyl groups is 1. The maximum absolute atomic E-state index is 10.4. The third kappa shape index (κ3) is 3.98. The van der Waals surface area contributed by atoms with Crippen molar-refractivity contribution in [2.24, 2.45) is 5.73 Å². The summed E-state index contributed by atoms with van der Waals surface area (Å²) in [7, 11) is 0. The number of carboxylic acids is 1. The van der Waals surface area contributed by atoms with Crippen LogP contribution in [0.5, 0.6) is 0 Å². The highest BCUT2D eigenvalue weighted by Crippen LogP contribution is 2.01. The lowest BCUT2D eigenvalue weighted by molar-refractivity contribution is -0.142. The van der Waals surface area contributed by atoms with Gasteiger partial charge in [0.25, 0.3) is 0 Å². The van der Waals surface area contributed by atoms with Crippen molar-refractivity contribution in [3.05, 3.63) is 35.9 Å². The molecule has 0 aromatic heterocycles. The summed E-state index contributed by atoms with van der Waals surface area (Å²) in [6.07, 6.45) is -1.19. The highest BCUT2D eigenvalue weighted by molar-refractivity contribution is 5.73. The van der Waals surface area contributed by atoms with Crippen molar-refractivity contribution in [3.8, 4) is 0 Å². The predicted molar refractivity (Wildman–Crippen MR) is 57.7 cm³/mol. The van der Waals surface area contributed by atoms with Gasteiger partial charge in [-0.15, -0.1) is 0 Å². The Balaban J connectivity index is 2.28. The van der Waals surface area contributed by atoms with E-state index in [0.717, 1.165) is 5.56 Å². The van der Waals surface area contributed by atoms with Gasteiger partial charge in [0.2, 0.25) is 0 Å². The zero-order valence-electron chi connectivity index (χ0n) is 8.74. The molecule has 0 spiro atoms. The molecule has 0 amide bonds. The van der Waals surface area contributed by atoms with Gasteiger partial charge in [-0.25, -0.2) is 0 Å². The van der Waals surface area contributed by atoms with E-state index in [2.05, 4.69) is 0 Å². The minimum atomic E-state index is -1.31. The Morgan fingerprint density at radius 3 is 2.56 bits per heavy atom. The number of nitrogens with two attached hydrogens (primary N) is 1. The van der Waals surface area contributed by atoms with E-state index in [4.69, 9.17) is 15.6 Å². The van der Waals surface area contributed by atoms with Crippen molar-refractivity contribution in [2.75, 3.05) is 6.61 Å². The topological polar surface area (TPSA) is 92.8 Å². The Bertz CT molecular complexity index is 328. The lowest BCUT2D eigenvalue weighted by Crippen LogP contribution is -2.44. The molecule has 16 heavy (non-hydrogen) atoms. The van der Waals surface area contributed by atoms with Gasteiger partial charge >= 0.3 is 5.97 Å². The van der Waals surface area contributed by atoms with Crippen LogP contribution in [-0.4, -0.2) is 34.9 Å². The molecule has 0 saturated carbocycles. The van der Waals surface area contributed by atoms with Crippen LogP contribution in [0.1, 0.15) is 5.56 Å². The summed E-state index contributed by atoms with van der Waals surface area (Å²) in [4.78, 5) is 10.4. The average molecular weight is 225 g/mol. The van der Waals surface area contributed by atoms with Crippen LogP contribution in [-0.2, 0) is 16.1 Å². The summed E-state index contributed by atoms with van der Waals surface area (Å²) in [5.41, 5.74) is 6.17. The number of ether oxygens (including phenoxy) is 1. The van der Waals surface area contributed by atoms with Crippen molar-refractivity contribution < 1.29 is 19.7 Å². The SMILES string of the molecule is N[C@H](C(=O)O)[C@@H](O)COCc1ccccc1. The van der Waals surface area contributed by atoms with Gasteiger partial charge in [0.05, 0.1) is 13.2 Å². The van der Waals surface area contributed by atoms with Crippen LogP contribution < -0.4 is 5.73 Å². The number of carboxylic acid groups (broad SMARTS) is 1. The zero-order chi connectivity index (χ0) is 12.0. The summed E-state index contributed by atoms with van der Waals surface area (Å²) in [5.74, 6) is -1.24. The van der Waals surface area contributed by atoms with Crippen LogP contribution in [0.3, 0.4) is 0 Å². The van der Waals surface area contributed by atoms with Crippen molar-refractivity contribution in [3.63, 3.8) is 0 Å². The molecule has 5 heteroatoms. The summed E-state index contributed by atoms with van der Waals surface area (Å²) in [6.45, 7) is 0.229. The molecule has 1 aromatic carbocycles. The Morgan fingerprint density at radius 1 is 1.38 bits per heavy atom. The fourth-order valence-corrected chi connectivity index (χ4v) is 1.14. The van der Waals surface area contributed by atoms with Crippen molar-refractivity contribution in [1.29, 1.82) is 0 Å². The summed E-state index contributed by atoms with van der Waals surface area (Å²) in [6, 6.07) is 8.08. The van der Waals surface area contributed by atoms with Crippen molar-refractivity contribution >= 4 is 5.97 Å². The van der Waals surface area contributed by atoms with Gasteiger partial charge in [-0.2, -0.15) is 0 Å². The first-order chi connectivity index (χ1) is 7.61. The number of rotatable bonds is 6. The van der Waals surface area contributed by atoms with Crippen LogP contribution in [0.2, 0.25) is 0 Å². The van der Waals surface area contributed by atoms with E-state index in [-0.39, 0.29) is 6.61 Å². The van der Waals surface area contributed by atoms with E-state index >= 15 is 0 Å². The fourth-order valence-electron chi connectivity index (χ4n) is 1.14. The van der Waals surface area contributed by atoms with Crippen molar-refractivity contribution in [2.45, 2.75) is 18.8 Å². The van der Waals surface area contributed by atoms with Crippen LogP contribution in [0, 0.1) is 0 Å². The lowest BCUT2D eigenvalue weighted by Gasteiger charge is -2.14. The normalized spacial score (nSPS) is 14.4. The van der Waals surface area contributed by atoms with Crippen LogP contribution in [0.15, 0.2) is 30.3 Å². The summed E-state index contributed by atoms with van der Waals surface area (Å²) < 4.78 is 5.16. The van der Waals surface area contributed by atoms with Crippen molar-refractivity contribution in [1.82, 2.24) is 0 Å². The maximum atomic E-state index is 10.4. The van der Waals surface area contributed by atoms with Gasteiger partial charge in [0.1, 0.15) is 12.1 Å². The Hall–Kier alpha value is -1.43. The lowest BCUT2D eigenvalue weighted by atomic mass is 10.2. The highest BCUT2D eigenvalue weighted by atomic mass is 16.5. The molecule has 0 bridgehead atoms. The third-order valence-electron chi connectivity index (χ3n) is 2.10. The first kappa shape index (κ1) is 12.6. The molecule has 5 nitrogen and oxygen atoms in total. The van der Waals surface area contributed by atoms with Gasteiger partial charge in [-0.1, -0.05) is 30.3 Å². The largest absolute Gasteiger partial charge is 0.480 e. The first-order valence-corrected chi connectivity index (χ1v) is 4.89. The third-order valence-corrected chi connectivity index (χ3v) is 2.10. The molecule has 0 unspecified atom stereocenters. The quantitative estimate of drug-likeness (QED) is 0.632. The second-order valence-electron chi connectivity index (χ2n) is 3.43. The van der Waals surface area contributed by atoms with Crippen LogP contribution in [0.25, 0.3) is 0 Å². The molecule has 1 rings (SSSR count). The predicted octanol–water partition coefficient (Wildman–Crippen LogP) is -0.0240. The molecule has 0 aliphatic heterocycles. The fraction of sp³-hybridized carbons (Fsp3) is 0.364. The number of aliphatic carboxylic acids is 1. The number of hydrogen-bond donors (Lipinski definition) is 3. The minimum absolute atomic E-state index is 0.0949. The van der Waals surface area contributed by atoms with Gasteiger partial charge in [0.15, 0.2) is 0 Å². The molecule has 0 heterocycles. The van der Waals surface area contributed by atoms with E-state index in [1.54, 1.807) is 0 Å². The van der Waals surface area contributed by atoms with E-state index in [1.807, 2.05) is 30.3 Å². The molecule has 0 saturated heterocycles. The molecule has 1 aromatic rings. The minimum Gasteiger partial charge on any atom is -0.480 e. The Labute approximate surface area is 93.5 Å². The monoisotopic (exact) mass is 225 g/mol. The number of carbonyl (C=O) groups is 1. The van der Waals surface area contributed by atoms with Crippen LogP contribution in [0.4, 0.5) is 0 Å². The summed E-state index contributed by atoms with van der Waals surface area (Å²) >= 11 is 0. The van der Waals surface area contributed by atoms with E-state index < -0.39 is 18.1 Å². The van der Waals surface area contributed by atoms with Gasteiger partial charge in [-0.05, 0) is 5.56 Å². The number of hydrogen-bond acceptors (Lipinski definition) is 4. The molecule has 88 valence electrons. The molecule has 0 radical (unpaired) electrons. The van der Waals surface area contributed by atoms with E-state index in [1.165, 1.54) is 0 Å². The maximum Gasteiger partial charge on any atom is 0.323 e. The average Bonchev–Trinajstić information content (AvgIpc) is 2.29. The van der Waals surface area contributed by atoms with E-state index in [9.17, 15) is 9.90 Å². The molecular formula is C11H15NO4. The number of benzene rings is 1. The Morgan fingerprint density at radius 2 is 2.00 bits per heavy atom. The highest BCUT2D eigenvalue weighted by Gasteiger charge is 2.21. The smallest absolute Gasteiger partial charge is 0.323 e. The second kappa shape index (κ2) is 6.22. The van der Waals surface area contributed by atoms with Gasteiger partial charge in [-0.3, -0.25) is 4.79 Å². The molecule has 2 atom stereocenters. The second-order valence-corrected chi connectivity index (χ2v) is 3.43. The number of aliphatic hydroxyl groups excluding tert-OH is 1. The van der Waals surface area contributed by atoms with Crippen LogP contribution >= 0.6 is 0 Å². The zero-order valence-corrected chi connectivity index (χ0v) is 8.74. The molecule has 0 aliphatic rings. The van der Waals surface area contributed by atoms with Gasteiger partial charge < -0.3 is 20.7 Å². The molecular weight excluding hydrogens is 210 g/mol. The first-order valence-electron chi connectivity index (χ1n) is 4.89. The van der Waals surface area contributed by atoms with E-state index in [0.29, 0.717) is 6.61 Å². The molecule has 0 fully saturated rings.